The van der Waals surface area contributed by atoms with Crippen molar-refractivity contribution in [1.29, 1.82) is 0 Å². The number of carbonyl (C=O) groups excluding carboxylic acids is 1. The Bertz CT molecular complexity index is 342. The van der Waals surface area contributed by atoms with Gasteiger partial charge in [0.2, 0.25) is 0 Å². The number of urea groups is 1. The van der Waals surface area contributed by atoms with E-state index in [1.165, 1.54) is 11.1 Å². The molecule has 16 heavy (non-hydrogen) atoms. The van der Waals surface area contributed by atoms with Gasteiger partial charge in [-0.05, 0) is 18.9 Å². The first-order chi connectivity index (χ1) is 7.72. The van der Waals surface area contributed by atoms with Crippen LogP contribution in [0.15, 0.2) is 24.3 Å². The highest BCUT2D eigenvalue weighted by Crippen LogP contribution is 2.03. The predicted octanol–water partition coefficient (Wildman–Crippen LogP) is 2.08. The van der Waals surface area contributed by atoms with Crippen LogP contribution in [-0.4, -0.2) is 25.0 Å². The Morgan fingerprint density at radius 3 is 2.75 bits per heavy atom. The van der Waals surface area contributed by atoms with E-state index in [1.54, 1.807) is 0 Å². The average Bonchev–Trinajstić information content (AvgIpc) is 2.26. The Hall–Kier alpha value is -1.22. The zero-order valence-corrected chi connectivity index (χ0v) is 10.2. The van der Waals surface area contributed by atoms with Crippen molar-refractivity contribution in [2.24, 2.45) is 0 Å². The summed E-state index contributed by atoms with van der Waals surface area (Å²) >= 11 is 5.45. The van der Waals surface area contributed by atoms with Crippen molar-refractivity contribution in [2.75, 3.05) is 19.0 Å². The number of carbonyl (C=O) groups is 1. The molecular formula is C12H17ClN2O. The molecule has 88 valence electrons. The van der Waals surface area contributed by atoms with Crippen LogP contribution in [0.2, 0.25) is 0 Å². The number of benzene rings is 1. The average molecular weight is 241 g/mol. The molecule has 0 bridgehead atoms. The van der Waals surface area contributed by atoms with E-state index >= 15 is 0 Å². The molecular weight excluding hydrogens is 224 g/mol. The molecule has 0 spiro atoms. The fraction of sp³-hybridized carbons (Fsp3) is 0.417. The highest BCUT2D eigenvalue weighted by molar-refractivity contribution is 6.18. The molecule has 4 heteroatoms. The largest absolute Gasteiger partial charge is 0.338 e. The molecule has 1 aromatic carbocycles. The fourth-order valence-electron chi connectivity index (χ4n) is 1.41. The van der Waals surface area contributed by atoms with Gasteiger partial charge in [0, 0.05) is 19.0 Å². The van der Waals surface area contributed by atoms with Gasteiger partial charge >= 0.3 is 6.03 Å². The van der Waals surface area contributed by atoms with Crippen LogP contribution in [0.1, 0.15) is 11.1 Å². The van der Waals surface area contributed by atoms with E-state index in [-0.39, 0.29) is 6.03 Å². The summed E-state index contributed by atoms with van der Waals surface area (Å²) < 4.78 is 0. The Kier molecular flexibility index (Phi) is 5.72. The number of halogens is 1. The second-order valence-corrected chi connectivity index (χ2v) is 3.99. The van der Waals surface area contributed by atoms with Crippen molar-refractivity contribution in [2.45, 2.75) is 13.3 Å². The normalized spacial score (nSPS) is 9.88. The van der Waals surface area contributed by atoms with Crippen LogP contribution in [0.25, 0.3) is 0 Å². The highest BCUT2D eigenvalue weighted by Gasteiger charge is 1.98. The zero-order valence-electron chi connectivity index (χ0n) is 9.42. The summed E-state index contributed by atoms with van der Waals surface area (Å²) in [4.78, 5) is 11.2. The number of amides is 2. The summed E-state index contributed by atoms with van der Waals surface area (Å²) in [5.74, 6) is 0.436. The second kappa shape index (κ2) is 7.12. The van der Waals surface area contributed by atoms with Crippen LogP contribution in [-0.2, 0) is 6.42 Å². The maximum absolute atomic E-state index is 11.2. The number of nitrogens with one attached hydrogen (secondary N) is 2. The summed E-state index contributed by atoms with van der Waals surface area (Å²) in [6.07, 6.45) is 0.843. The lowest BCUT2D eigenvalue weighted by atomic mass is 10.1. The Balaban J connectivity index is 2.22. The maximum atomic E-state index is 11.2. The lowest BCUT2D eigenvalue weighted by Crippen LogP contribution is -2.37. The summed E-state index contributed by atoms with van der Waals surface area (Å²) in [5, 5.41) is 5.42. The van der Waals surface area contributed by atoms with Crippen LogP contribution in [0.4, 0.5) is 4.79 Å². The predicted molar refractivity (Wildman–Crippen MR) is 67.0 cm³/mol. The van der Waals surface area contributed by atoms with E-state index in [1.807, 2.05) is 6.07 Å². The standard InChI is InChI=1S/C12H17ClN2O/c1-10-3-2-4-11(9-10)5-7-14-12(16)15-8-6-13/h2-4,9H,5-8H2,1H3,(H2,14,15,16). The van der Waals surface area contributed by atoms with Gasteiger partial charge in [-0.15, -0.1) is 11.6 Å². The van der Waals surface area contributed by atoms with Crippen molar-refractivity contribution >= 4 is 17.6 Å². The van der Waals surface area contributed by atoms with Gasteiger partial charge in [0.25, 0.3) is 0 Å². The minimum absolute atomic E-state index is 0.159. The first-order valence-electron chi connectivity index (χ1n) is 5.35. The summed E-state index contributed by atoms with van der Waals surface area (Å²) in [6, 6.07) is 8.11. The number of alkyl halides is 1. The van der Waals surface area contributed by atoms with E-state index in [4.69, 9.17) is 11.6 Å². The molecule has 0 saturated carbocycles. The monoisotopic (exact) mass is 240 g/mol. The number of rotatable bonds is 5. The van der Waals surface area contributed by atoms with E-state index in [0.717, 1.165) is 6.42 Å². The van der Waals surface area contributed by atoms with Gasteiger partial charge in [0.05, 0.1) is 0 Å². The Morgan fingerprint density at radius 1 is 1.31 bits per heavy atom. The number of hydrogen-bond donors (Lipinski definition) is 2. The van der Waals surface area contributed by atoms with Crippen LogP contribution in [0.5, 0.6) is 0 Å². The Labute approximate surface area is 101 Å². The van der Waals surface area contributed by atoms with Crippen LogP contribution in [0.3, 0.4) is 0 Å². The minimum Gasteiger partial charge on any atom is -0.338 e. The fourth-order valence-corrected chi connectivity index (χ4v) is 1.51. The maximum Gasteiger partial charge on any atom is 0.314 e. The molecule has 0 aliphatic rings. The molecule has 0 atom stereocenters. The van der Waals surface area contributed by atoms with E-state index < -0.39 is 0 Å². The van der Waals surface area contributed by atoms with Gasteiger partial charge in [-0.2, -0.15) is 0 Å². The molecule has 3 nitrogen and oxygen atoms in total. The molecule has 2 N–H and O–H groups in total. The van der Waals surface area contributed by atoms with Gasteiger partial charge in [-0.3, -0.25) is 0 Å². The summed E-state index contributed by atoms with van der Waals surface area (Å²) in [7, 11) is 0. The SMILES string of the molecule is Cc1cccc(CCNC(=O)NCCCl)c1. The van der Waals surface area contributed by atoms with Gasteiger partial charge in [0.1, 0.15) is 0 Å². The zero-order chi connectivity index (χ0) is 11.8. The molecule has 0 radical (unpaired) electrons. The third-order valence-corrected chi connectivity index (χ3v) is 2.35. The molecule has 2 amide bonds. The van der Waals surface area contributed by atoms with E-state index in [2.05, 4.69) is 35.8 Å². The highest BCUT2D eigenvalue weighted by atomic mass is 35.5. The quantitative estimate of drug-likeness (QED) is 0.761. The lowest BCUT2D eigenvalue weighted by molar-refractivity contribution is 0.241. The molecule has 0 saturated heterocycles. The van der Waals surface area contributed by atoms with Crippen molar-refractivity contribution in [3.05, 3.63) is 35.4 Å². The van der Waals surface area contributed by atoms with Crippen molar-refractivity contribution in [3.63, 3.8) is 0 Å². The van der Waals surface area contributed by atoms with Gasteiger partial charge in [0.15, 0.2) is 0 Å². The third kappa shape index (κ3) is 5.03. The first kappa shape index (κ1) is 12.8. The second-order valence-electron chi connectivity index (χ2n) is 3.61. The molecule has 0 aromatic heterocycles. The molecule has 0 fully saturated rings. The first-order valence-corrected chi connectivity index (χ1v) is 5.89. The van der Waals surface area contributed by atoms with Gasteiger partial charge in [-0.25, -0.2) is 4.79 Å². The summed E-state index contributed by atoms with van der Waals surface area (Å²) in [5.41, 5.74) is 2.47. The van der Waals surface area contributed by atoms with Crippen LogP contribution >= 0.6 is 11.6 Å². The summed E-state index contributed by atoms with van der Waals surface area (Å²) in [6.45, 7) is 3.19. The van der Waals surface area contributed by atoms with Crippen molar-refractivity contribution < 1.29 is 4.79 Å². The molecule has 0 aliphatic carbocycles. The number of hydrogen-bond acceptors (Lipinski definition) is 1. The molecule has 1 rings (SSSR count). The van der Waals surface area contributed by atoms with Crippen molar-refractivity contribution in [3.8, 4) is 0 Å². The van der Waals surface area contributed by atoms with Crippen LogP contribution < -0.4 is 10.6 Å². The van der Waals surface area contributed by atoms with Crippen LogP contribution in [0, 0.1) is 6.92 Å². The van der Waals surface area contributed by atoms with E-state index in [0.29, 0.717) is 19.0 Å². The van der Waals surface area contributed by atoms with Gasteiger partial charge < -0.3 is 10.6 Å². The number of aryl methyl sites for hydroxylation is 1. The molecule has 0 heterocycles. The lowest BCUT2D eigenvalue weighted by Gasteiger charge is -2.06. The molecule has 0 aliphatic heterocycles. The minimum atomic E-state index is -0.159. The Morgan fingerprint density at radius 2 is 2.06 bits per heavy atom. The van der Waals surface area contributed by atoms with Crippen molar-refractivity contribution in [1.82, 2.24) is 10.6 Å². The smallest absolute Gasteiger partial charge is 0.314 e. The topological polar surface area (TPSA) is 41.1 Å². The van der Waals surface area contributed by atoms with E-state index in [9.17, 15) is 4.79 Å². The molecule has 0 unspecified atom stereocenters. The third-order valence-electron chi connectivity index (χ3n) is 2.16. The molecule has 1 aromatic rings. The van der Waals surface area contributed by atoms with Gasteiger partial charge in [-0.1, -0.05) is 29.8 Å².